The van der Waals surface area contributed by atoms with Crippen LogP contribution in [0.25, 0.3) is 0 Å². The van der Waals surface area contributed by atoms with E-state index >= 15 is 0 Å². The second-order valence-corrected chi connectivity index (χ2v) is 4.84. The lowest BCUT2D eigenvalue weighted by Gasteiger charge is -2.08. The van der Waals surface area contributed by atoms with Crippen molar-refractivity contribution in [1.82, 2.24) is 4.98 Å². The van der Waals surface area contributed by atoms with Gasteiger partial charge in [0.15, 0.2) is 0 Å². The summed E-state index contributed by atoms with van der Waals surface area (Å²) in [5.74, 6) is -3.20. The van der Waals surface area contributed by atoms with Crippen LogP contribution in [0, 0.1) is 5.92 Å². The number of carbonyl (C=O) groups is 1. The highest BCUT2D eigenvalue weighted by Crippen LogP contribution is 2.39. The number of nitrogens with zero attached hydrogens (tertiary/aromatic N) is 1. The molecule has 0 saturated heterocycles. The third kappa shape index (κ3) is 2.59. The summed E-state index contributed by atoms with van der Waals surface area (Å²) in [6.45, 7) is 0. The first-order valence-electron chi connectivity index (χ1n) is 4.86. The van der Waals surface area contributed by atoms with E-state index in [0.29, 0.717) is 6.42 Å². The molecule has 1 unspecified atom stereocenters. The normalized spacial score (nSPS) is 24.3. The van der Waals surface area contributed by atoms with Gasteiger partial charge in [-0.15, -0.1) is 11.3 Å². The molecule has 1 aromatic rings. The fraction of sp³-hybridized carbons (Fsp3) is 0.600. The fourth-order valence-electron chi connectivity index (χ4n) is 1.86. The largest absolute Gasteiger partial charge is 0.299 e. The molecule has 1 aliphatic carbocycles. The molecule has 1 saturated carbocycles. The van der Waals surface area contributed by atoms with E-state index in [1.54, 1.807) is 11.6 Å². The zero-order valence-electron chi connectivity index (χ0n) is 8.08. The van der Waals surface area contributed by atoms with Gasteiger partial charge in [0.1, 0.15) is 5.78 Å². The highest BCUT2D eigenvalue weighted by molar-refractivity contribution is 7.09. The maximum atomic E-state index is 12.9. The van der Waals surface area contributed by atoms with E-state index in [-0.39, 0.29) is 25.0 Å². The van der Waals surface area contributed by atoms with E-state index < -0.39 is 11.8 Å². The molecule has 0 amide bonds. The second kappa shape index (κ2) is 3.96. The van der Waals surface area contributed by atoms with Crippen molar-refractivity contribution in [3.63, 3.8) is 0 Å². The summed E-state index contributed by atoms with van der Waals surface area (Å²) >= 11 is 1.39. The van der Waals surface area contributed by atoms with Crippen LogP contribution in [-0.2, 0) is 11.2 Å². The van der Waals surface area contributed by atoms with Gasteiger partial charge in [-0.1, -0.05) is 0 Å². The summed E-state index contributed by atoms with van der Waals surface area (Å²) in [5.41, 5.74) is 0. The molecule has 1 heterocycles. The summed E-state index contributed by atoms with van der Waals surface area (Å²) in [6.07, 6.45) is 1.71. The van der Waals surface area contributed by atoms with Crippen LogP contribution in [0.3, 0.4) is 0 Å². The van der Waals surface area contributed by atoms with Gasteiger partial charge in [-0.25, -0.2) is 13.8 Å². The van der Waals surface area contributed by atoms with Gasteiger partial charge in [0, 0.05) is 30.3 Å². The van der Waals surface area contributed by atoms with Crippen LogP contribution >= 0.6 is 11.3 Å². The molecule has 2 nitrogen and oxygen atoms in total. The maximum absolute atomic E-state index is 12.9. The van der Waals surface area contributed by atoms with E-state index in [9.17, 15) is 13.6 Å². The molecule has 2 rings (SSSR count). The monoisotopic (exact) mass is 231 g/mol. The van der Waals surface area contributed by atoms with Crippen LogP contribution in [0.4, 0.5) is 8.78 Å². The van der Waals surface area contributed by atoms with Crippen molar-refractivity contribution in [2.75, 3.05) is 0 Å². The van der Waals surface area contributed by atoms with Crippen LogP contribution in [0.1, 0.15) is 24.3 Å². The molecular formula is C10H11F2NOS. The molecular weight excluding hydrogens is 220 g/mol. The van der Waals surface area contributed by atoms with Crippen molar-refractivity contribution in [2.45, 2.75) is 31.6 Å². The van der Waals surface area contributed by atoms with Crippen LogP contribution < -0.4 is 0 Å². The van der Waals surface area contributed by atoms with Gasteiger partial charge in [0.25, 0.3) is 0 Å². The van der Waals surface area contributed by atoms with E-state index in [0.717, 1.165) is 5.01 Å². The first-order chi connectivity index (χ1) is 7.07. The Kier molecular flexibility index (Phi) is 2.82. The van der Waals surface area contributed by atoms with Gasteiger partial charge in [0.2, 0.25) is 5.92 Å². The summed E-state index contributed by atoms with van der Waals surface area (Å²) < 4.78 is 25.7. The highest BCUT2D eigenvalue weighted by atomic mass is 32.1. The predicted octanol–water partition coefficient (Wildman–Crippen LogP) is 2.69. The summed E-state index contributed by atoms with van der Waals surface area (Å²) in [6, 6.07) is 0. The van der Waals surface area contributed by atoms with Crippen LogP contribution in [0.5, 0.6) is 0 Å². The average Bonchev–Trinajstić information content (AvgIpc) is 2.74. The molecule has 1 aromatic heterocycles. The standard InChI is InChI=1S/C10H11F2NOS/c11-10(12)2-1-7(6-10)8(14)5-9-13-3-4-15-9/h3-4,7H,1-2,5-6H2. The third-order valence-electron chi connectivity index (χ3n) is 2.67. The van der Waals surface area contributed by atoms with E-state index in [1.165, 1.54) is 11.3 Å². The van der Waals surface area contributed by atoms with Crippen LogP contribution in [-0.4, -0.2) is 16.7 Å². The summed E-state index contributed by atoms with van der Waals surface area (Å²) in [5, 5.41) is 2.50. The zero-order chi connectivity index (χ0) is 10.9. The Morgan fingerprint density at radius 2 is 2.47 bits per heavy atom. The maximum Gasteiger partial charge on any atom is 0.248 e. The van der Waals surface area contributed by atoms with Gasteiger partial charge in [0.05, 0.1) is 11.4 Å². The summed E-state index contributed by atoms with van der Waals surface area (Å²) in [4.78, 5) is 15.6. The quantitative estimate of drug-likeness (QED) is 0.800. The zero-order valence-corrected chi connectivity index (χ0v) is 8.90. The molecule has 0 spiro atoms. The molecule has 0 N–H and O–H groups in total. The molecule has 0 radical (unpaired) electrons. The fourth-order valence-corrected chi connectivity index (χ4v) is 2.48. The van der Waals surface area contributed by atoms with E-state index in [2.05, 4.69) is 4.98 Å². The molecule has 1 atom stereocenters. The Labute approximate surface area is 90.3 Å². The Bertz CT molecular complexity index is 350. The molecule has 0 aromatic carbocycles. The molecule has 0 aliphatic heterocycles. The van der Waals surface area contributed by atoms with Crippen molar-refractivity contribution in [3.8, 4) is 0 Å². The van der Waals surface area contributed by atoms with Crippen molar-refractivity contribution in [1.29, 1.82) is 0 Å². The number of alkyl halides is 2. The van der Waals surface area contributed by atoms with Gasteiger partial charge >= 0.3 is 0 Å². The number of aromatic nitrogens is 1. The average molecular weight is 231 g/mol. The van der Waals surface area contributed by atoms with Crippen molar-refractivity contribution < 1.29 is 13.6 Å². The number of Topliss-reactive ketones (excluding diaryl/α,β-unsaturated/α-hetero) is 1. The number of hydrogen-bond acceptors (Lipinski definition) is 3. The van der Waals surface area contributed by atoms with E-state index in [1.807, 2.05) is 0 Å². The van der Waals surface area contributed by atoms with Crippen molar-refractivity contribution in [2.24, 2.45) is 5.92 Å². The first-order valence-corrected chi connectivity index (χ1v) is 5.74. The number of hydrogen-bond donors (Lipinski definition) is 0. The Balaban J connectivity index is 1.93. The number of ketones is 1. The first kappa shape index (κ1) is 10.7. The Morgan fingerprint density at radius 1 is 1.67 bits per heavy atom. The molecule has 15 heavy (non-hydrogen) atoms. The van der Waals surface area contributed by atoms with Crippen LogP contribution in [0.2, 0.25) is 0 Å². The third-order valence-corrected chi connectivity index (χ3v) is 3.45. The Morgan fingerprint density at radius 3 is 3.00 bits per heavy atom. The van der Waals surface area contributed by atoms with Gasteiger partial charge in [-0.3, -0.25) is 4.79 Å². The summed E-state index contributed by atoms with van der Waals surface area (Å²) in [7, 11) is 0. The van der Waals surface area contributed by atoms with Crippen LogP contribution in [0.15, 0.2) is 11.6 Å². The lowest BCUT2D eigenvalue weighted by molar-refractivity contribution is -0.123. The second-order valence-electron chi connectivity index (χ2n) is 3.86. The molecule has 5 heteroatoms. The predicted molar refractivity (Wildman–Crippen MR) is 53.1 cm³/mol. The molecule has 1 fully saturated rings. The molecule has 82 valence electrons. The van der Waals surface area contributed by atoms with Gasteiger partial charge < -0.3 is 0 Å². The topological polar surface area (TPSA) is 30.0 Å². The van der Waals surface area contributed by atoms with Crippen molar-refractivity contribution >= 4 is 17.1 Å². The van der Waals surface area contributed by atoms with E-state index in [4.69, 9.17) is 0 Å². The minimum absolute atomic E-state index is 0.0953. The number of halogens is 2. The van der Waals surface area contributed by atoms with Crippen molar-refractivity contribution in [3.05, 3.63) is 16.6 Å². The smallest absolute Gasteiger partial charge is 0.248 e. The van der Waals surface area contributed by atoms with Gasteiger partial charge in [-0.2, -0.15) is 0 Å². The highest BCUT2D eigenvalue weighted by Gasteiger charge is 2.42. The minimum atomic E-state index is -2.64. The number of thiazole rings is 1. The van der Waals surface area contributed by atoms with Gasteiger partial charge in [-0.05, 0) is 6.42 Å². The number of carbonyl (C=O) groups excluding carboxylic acids is 1. The Hall–Kier alpha value is -0.840. The molecule has 0 bridgehead atoms. The lowest BCUT2D eigenvalue weighted by atomic mass is 10.0. The minimum Gasteiger partial charge on any atom is -0.299 e. The molecule has 1 aliphatic rings. The number of rotatable bonds is 3. The lowest BCUT2D eigenvalue weighted by Crippen LogP contribution is -2.17. The SMILES string of the molecule is O=C(Cc1nccs1)C1CCC(F)(F)C1.